The second kappa shape index (κ2) is 9.60. The van der Waals surface area contributed by atoms with Crippen molar-refractivity contribution >= 4 is 28.8 Å². The summed E-state index contributed by atoms with van der Waals surface area (Å²) in [6.45, 7) is 4.56. The Bertz CT molecular complexity index is 1260. The molecule has 0 aromatic heterocycles. The van der Waals surface area contributed by atoms with Crippen LogP contribution in [0.5, 0.6) is 11.5 Å². The van der Waals surface area contributed by atoms with Gasteiger partial charge in [-0.3, -0.25) is 0 Å². The summed E-state index contributed by atoms with van der Waals surface area (Å²) >= 11 is 0. The number of phenolic OH excluding ortho intramolecular Hbond substituents is 1. The van der Waals surface area contributed by atoms with E-state index in [1.54, 1.807) is 35.2 Å². The minimum Gasteiger partial charge on any atom is -0.503 e. The van der Waals surface area contributed by atoms with Crippen LogP contribution >= 0.6 is 0 Å². The van der Waals surface area contributed by atoms with Gasteiger partial charge in [0, 0.05) is 17.6 Å². The van der Waals surface area contributed by atoms with Crippen molar-refractivity contribution in [3.63, 3.8) is 0 Å². The van der Waals surface area contributed by atoms with Gasteiger partial charge in [-0.2, -0.15) is 0 Å². The smallest absolute Gasteiger partial charge is 0.503 e. The quantitative estimate of drug-likeness (QED) is 0.309. The first kappa shape index (κ1) is 25.2. The predicted molar refractivity (Wildman–Crippen MR) is 130 cm³/mol. The number of amides is 2. The number of nitrogens with one attached hydrogen (secondary N) is 2. The lowest BCUT2D eigenvalue weighted by molar-refractivity contribution is -0.274. The van der Waals surface area contributed by atoms with Crippen LogP contribution in [0.2, 0.25) is 0 Å². The highest BCUT2D eigenvalue weighted by molar-refractivity contribution is 6.02. The van der Waals surface area contributed by atoms with E-state index in [0.29, 0.717) is 23.6 Å². The van der Waals surface area contributed by atoms with Crippen LogP contribution in [0.25, 0.3) is 0 Å². The van der Waals surface area contributed by atoms with Crippen molar-refractivity contribution in [2.75, 3.05) is 22.1 Å². The lowest BCUT2D eigenvalue weighted by atomic mass is 9.77. The molecule has 1 aliphatic rings. The Kier molecular flexibility index (Phi) is 6.71. The van der Waals surface area contributed by atoms with E-state index in [4.69, 9.17) is 0 Å². The standard InChI is InChI=1S/C26H25F4N3O3/c1-3-25(4-2)15-33(22-18(25)13-14-19(27)23(22)34)21-8-6-5-7-20(21)32-24(35)31-16-9-11-17(12-10-16)36-26(28,29)30/h5-14,34H,3-4,15H2,1-2H3,(H2,31,32,35). The summed E-state index contributed by atoms with van der Waals surface area (Å²) in [6.07, 6.45) is -3.28. The zero-order valence-corrected chi connectivity index (χ0v) is 19.6. The highest BCUT2D eigenvalue weighted by atomic mass is 19.4. The number of para-hydroxylation sites is 2. The van der Waals surface area contributed by atoms with Crippen molar-refractivity contribution in [3.8, 4) is 11.5 Å². The van der Waals surface area contributed by atoms with E-state index in [1.165, 1.54) is 18.2 Å². The Hall–Kier alpha value is -3.95. The van der Waals surface area contributed by atoms with E-state index in [0.717, 1.165) is 30.5 Å². The number of phenols is 1. The summed E-state index contributed by atoms with van der Waals surface area (Å²) in [5.41, 5.74) is 2.12. The fourth-order valence-electron chi connectivity index (χ4n) is 4.62. The van der Waals surface area contributed by atoms with E-state index in [9.17, 15) is 27.5 Å². The van der Waals surface area contributed by atoms with Crippen molar-refractivity contribution in [1.29, 1.82) is 0 Å². The van der Waals surface area contributed by atoms with Crippen LogP contribution in [0.15, 0.2) is 60.7 Å². The minimum atomic E-state index is -4.81. The van der Waals surface area contributed by atoms with Crippen LogP contribution in [0.1, 0.15) is 32.3 Å². The van der Waals surface area contributed by atoms with Crippen LogP contribution in [-0.4, -0.2) is 24.0 Å². The molecule has 0 saturated carbocycles. The van der Waals surface area contributed by atoms with Gasteiger partial charge in [-0.1, -0.05) is 32.0 Å². The molecule has 0 atom stereocenters. The predicted octanol–water partition coefficient (Wildman–Crippen LogP) is 7.28. The molecule has 2 amide bonds. The number of halogens is 4. The summed E-state index contributed by atoms with van der Waals surface area (Å²) in [4.78, 5) is 14.5. The Morgan fingerprint density at radius 1 is 1.03 bits per heavy atom. The van der Waals surface area contributed by atoms with Crippen LogP contribution < -0.4 is 20.3 Å². The first-order valence-corrected chi connectivity index (χ1v) is 11.4. The van der Waals surface area contributed by atoms with Gasteiger partial charge in [0.2, 0.25) is 0 Å². The van der Waals surface area contributed by atoms with E-state index >= 15 is 0 Å². The summed E-state index contributed by atoms with van der Waals surface area (Å²) < 4.78 is 55.3. The van der Waals surface area contributed by atoms with Gasteiger partial charge in [-0.15, -0.1) is 13.2 Å². The average molecular weight is 503 g/mol. The van der Waals surface area contributed by atoms with E-state index < -0.39 is 29.7 Å². The van der Waals surface area contributed by atoms with Gasteiger partial charge in [0.25, 0.3) is 0 Å². The van der Waals surface area contributed by atoms with Gasteiger partial charge < -0.3 is 25.4 Å². The third-order valence-electron chi connectivity index (χ3n) is 6.55. The highest BCUT2D eigenvalue weighted by Crippen LogP contribution is 2.53. The Morgan fingerprint density at radius 3 is 2.33 bits per heavy atom. The molecule has 0 fully saturated rings. The molecular formula is C26H25F4N3O3. The van der Waals surface area contributed by atoms with Gasteiger partial charge in [0.05, 0.1) is 17.1 Å². The molecule has 3 aromatic carbocycles. The molecule has 0 saturated heterocycles. The number of ether oxygens (including phenoxy) is 1. The fourth-order valence-corrected chi connectivity index (χ4v) is 4.62. The normalized spacial score (nSPS) is 14.3. The summed E-state index contributed by atoms with van der Waals surface area (Å²) in [6, 6.07) is 14.0. The first-order valence-electron chi connectivity index (χ1n) is 11.4. The number of nitrogens with zero attached hydrogens (tertiary/aromatic N) is 1. The fraction of sp³-hybridized carbons (Fsp3) is 0.269. The van der Waals surface area contributed by atoms with E-state index in [1.807, 2.05) is 13.8 Å². The maximum atomic E-state index is 14.4. The Morgan fingerprint density at radius 2 is 1.69 bits per heavy atom. The first-order chi connectivity index (χ1) is 17.1. The third kappa shape index (κ3) is 4.89. The van der Waals surface area contributed by atoms with E-state index in [2.05, 4.69) is 15.4 Å². The number of urea groups is 1. The van der Waals surface area contributed by atoms with Gasteiger partial charge in [0.15, 0.2) is 11.6 Å². The number of benzene rings is 3. The summed E-state index contributed by atoms with van der Waals surface area (Å²) in [5, 5.41) is 15.9. The molecular weight excluding hydrogens is 478 g/mol. The maximum Gasteiger partial charge on any atom is 0.573 e. The van der Waals surface area contributed by atoms with Crippen LogP contribution in [0.4, 0.5) is 45.1 Å². The number of aromatic hydroxyl groups is 1. The number of hydrogen-bond donors (Lipinski definition) is 3. The average Bonchev–Trinajstić information content (AvgIpc) is 3.17. The largest absolute Gasteiger partial charge is 0.573 e. The van der Waals surface area contributed by atoms with Crippen molar-refractivity contribution in [1.82, 2.24) is 0 Å². The topological polar surface area (TPSA) is 73.8 Å². The zero-order valence-electron chi connectivity index (χ0n) is 19.6. The zero-order chi connectivity index (χ0) is 26.1. The summed E-state index contributed by atoms with van der Waals surface area (Å²) in [7, 11) is 0. The number of carbonyl (C=O) groups is 1. The van der Waals surface area contributed by atoms with Gasteiger partial charge in [-0.25, -0.2) is 9.18 Å². The van der Waals surface area contributed by atoms with Gasteiger partial charge in [0.1, 0.15) is 5.75 Å². The van der Waals surface area contributed by atoms with E-state index in [-0.39, 0.29) is 11.1 Å². The molecule has 36 heavy (non-hydrogen) atoms. The van der Waals surface area contributed by atoms with Gasteiger partial charge >= 0.3 is 12.4 Å². The van der Waals surface area contributed by atoms with Gasteiger partial charge in [-0.05, 0) is 60.9 Å². The molecule has 3 N–H and O–H groups in total. The number of rotatable bonds is 6. The van der Waals surface area contributed by atoms with Crippen LogP contribution in [-0.2, 0) is 5.41 Å². The lowest BCUT2D eigenvalue weighted by Gasteiger charge is -2.29. The van der Waals surface area contributed by atoms with Crippen molar-refractivity contribution in [2.45, 2.75) is 38.5 Å². The van der Waals surface area contributed by atoms with Crippen LogP contribution in [0.3, 0.4) is 0 Å². The molecule has 0 unspecified atom stereocenters. The molecule has 0 bridgehead atoms. The maximum absolute atomic E-state index is 14.4. The molecule has 0 aliphatic carbocycles. The SMILES string of the molecule is CCC1(CC)CN(c2ccccc2NC(=O)Nc2ccc(OC(F)(F)F)cc2)c2c1ccc(F)c2O. The number of fused-ring (bicyclic) bond motifs is 1. The molecule has 0 spiro atoms. The second-order valence-corrected chi connectivity index (χ2v) is 8.53. The molecule has 10 heteroatoms. The molecule has 1 aliphatic heterocycles. The lowest BCUT2D eigenvalue weighted by Crippen LogP contribution is -2.31. The molecule has 0 radical (unpaired) electrons. The summed E-state index contributed by atoms with van der Waals surface area (Å²) in [5.74, 6) is -1.59. The third-order valence-corrected chi connectivity index (χ3v) is 6.55. The highest BCUT2D eigenvalue weighted by Gasteiger charge is 2.43. The number of alkyl halides is 3. The Labute approximate surface area is 205 Å². The molecule has 6 nitrogen and oxygen atoms in total. The minimum absolute atomic E-state index is 0.252. The monoisotopic (exact) mass is 503 g/mol. The number of carbonyl (C=O) groups excluding carboxylic acids is 1. The van der Waals surface area contributed by atoms with Crippen molar-refractivity contribution < 1.29 is 32.2 Å². The van der Waals surface area contributed by atoms with Crippen LogP contribution in [0, 0.1) is 5.82 Å². The Balaban J connectivity index is 1.59. The second-order valence-electron chi connectivity index (χ2n) is 8.53. The number of anilines is 4. The molecule has 1 heterocycles. The molecule has 4 rings (SSSR count). The van der Waals surface area contributed by atoms with Crippen molar-refractivity contribution in [3.05, 3.63) is 72.0 Å². The van der Waals surface area contributed by atoms with Crippen molar-refractivity contribution in [2.24, 2.45) is 0 Å². The molecule has 3 aromatic rings. The number of hydrogen-bond acceptors (Lipinski definition) is 4. The molecule has 190 valence electrons.